The Bertz CT molecular complexity index is 928. The van der Waals surface area contributed by atoms with Gasteiger partial charge in [-0.3, -0.25) is 4.79 Å². The first-order valence-electron chi connectivity index (χ1n) is 8.54. The molecule has 0 unspecified atom stereocenters. The number of ether oxygens (including phenoxy) is 1. The van der Waals surface area contributed by atoms with Crippen molar-refractivity contribution in [3.05, 3.63) is 78.4 Å². The van der Waals surface area contributed by atoms with Gasteiger partial charge in [-0.25, -0.2) is 14.4 Å². The number of carbonyl (C=O) groups excluding carboxylic acids is 1. The average molecular weight is 364 g/mol. The third-order valence-corrected chi connectivity index (χ3v) is 4.20. The van der Waals surface area contributed by atoms with E-state index < -0.39 is 0 Å². The number of nitrogens with one attached hydrogen (secondary N) is 1. The molecule has 4 rings (SSSR count). The predicted octanol–water partition coefficient (Wildman–Crippen LogP) is 3.34. The highest BCUT2D eigenvalue weighted by Gasteiger charge is 2.31. The number of rotatable bonds is 5. The quantitative estimate of drug-likeness (QED) is 0.752. The summed E-state index contributed by atoms with van der Waals surface area (Å²) in [4.78, 5) is 22.6. The number of anilines is 1. The molecule has 1 amide bonds. The second kappa shape index (κ2) is 7.41. The molecule has 6 nitrogen and oxygen atoms in total. The van der Waals surface area contributed by atoms with Crippen molar-refractivity contribution >= 4 is 11.9 Å². The molecule has 3 aromatic rings. The van der Waals surface area contributed by atoms with Crippen LogP contribution in [0, 0.1) is 5.82 Å². The van der Waals surface area contributed by atoms with Gasteiger partial charge in [0.15, 0.2) is 0 Å². The molecular formula is C20H17FN4O2. The zero-order chi connectivity index (χ0) is 18.6. The number of nitrogens with zero attached hydrogens (tertiary/aromatic N) is 3. The number of halogens is 1. The van der Waals surface area contributed by atoms with E-state index in [4.69, 9.17) is 4.74 Å². The van der Waals surface area contributed by atoms with E-state index >= 15 is 0 Å². The maximum absolute atomic E-state index is 13.0. The highest BCUT2D eigenvalue weighted by atomic mass is 19.1. The van der Waals surface area contributed by atoms with Gasteiger partial charge in [-0.05, 0) is 48.5 Å². The number of hydrogen-bond acceptors (Lipinski definition) is 5. The molecule has 1 fully saturated rings. The van der Waals surface area contributed by atoms with Crippen LogP contribution in [-0.2, 0) is 0 Å². The Morgan fingerprint density at radius 1 is 1.04 bits per heavy atom. The number of benzene rings is 2. The predicted molar refractivity (Wildman–Crippen MR) is 98.3 cm³/mol. The van der Waals surface area contributed by atoms with Crippen molar-refractivity contribution in [3.63, 3.8) is 0 Å². The third-order valence-electron chi connectivity index (χ3n) is 4.20. The molecule has 1 aliphatic heterocycles. The molecular weight excluding hydrogens is 347 g/mol. The molecule has 1 N–H and O–H groups in total. The van der Waals surface area contributed by atoms with Crippen molar-refractivity contribution in [3.8, 4) is 11.5 Å². The van der Waals surface area contributed by atoms with Crippen LogP contribution in [0.25, 0.3) is 0 Å². The average Bonchev–Trinajstić information content (AvgIpc) is 2.67. The molecule has 1 aromatic heterocycles. The van der Waals surface area contributed by atoms with E-state index in [-0.39, 0.29) is 17.8 Å². The van der Waals surface area contributed by atoms with Crippen LogP contribution >= 0.6 is 0 Å². The van der Waals surface area contributed by atoms with Gasteiger partial charge in [0.05, 0.1) is 6.04 Å². The molecule has 2 heterocycles. The van der Waals surface area contributed by atoms with Gasteiger partial charge in [-0.1, -0.05) is 6.07 Å². The van der Waals surface area contributed by atoms with E-state index in [1.54, 1.807) is 59.8 Å². The topological polar surface area (TPSA) is 67.3 Å². The van der Waals surface area contributed by atoms with Crippen molar-refractivity contribution < 1.29 is 13.9 Å². The molecule has 2 aromatic carbocycles. The van der Waals surface area contributed by atoms with Crippen molar-refractivity contribution in [1.82, 2.24) is 14.9 Å². The minimum atomic E-state index is -0.326. The van der Waals surface area contributed by atoms with Gasteiger partial charge in [0.25, 0.3) is 5.91 Å². The summed E-state index contributed by atoms with van der Waals surface area (Å²) in [5.74, 6) is 1.21. The van der Waals surface area contributed by atoms with Crippen LogP contribution in [-0.4, -0.2) is 39.9 Å². The molecule has 0 bridgehead atoms. The summed E-state index contributed by atoms with van der Waals surface area (Å²) in [7, 11) is 0. The second-order valence-corrected chi connectivity index (χ2v) is 6.21. The van der Waals surface area contributed by atoms with Crippen molar-refractivity contribution in [2.75, 3.05) is 18.4 Å². The van der Waals surface area contributed by atoms with Gasteiger partial charge in [0.1, 0.15) is 17.3 Å². The Balaban J connectivity index is 1.36. The zero-order valence-corrected chi connectivity index (χ0v) is 14.4. The van der Waals surface area contributed by atoms with Crippen molar-refractivity contribution in [1.29, 1.82) is 0 Å². The summed E-state index contributed by atoms with van der Waals surface area (Å²) in [6.07, 6.45) is 3.34. The Morgan fingerprint density at radius 3 is 2.52 bits per heavy atom. The maximum atomic E-state index is 13.0. The lowest BCUT2D eigenvalue weighted by molar-refractivity contribution is 0.0624. The molecule has 7 heteroatoms. The first-order valence-corrected chi connectivity index (χ1v) is 8.54. The van der Waals surface area contributed by atoms with E-state index in [0.29, 0.717) is 36.1 Å². The maximum Gasteiger partial charge on any atom is 0.254 e. The van der Waals surface area contributed by atoms with Crippen LogP contribution < -0.4 is 10.1 Å². The normalized spacial score (nSPS) is 13.7. The van der Waals surface area contributed by atoms with Gasteiger partial charge < -0.3 is 15.0 Å². The van der Waals surface area contributed by atoms with E-state index in [1.807, 2.05) is 0 Å². The molecule has 1 saturated heterocycles. The van der Waals surface area contributed by atoms with E-state index in [2.05, 4.69) is 15.3 Å². The van der Waals surface area contributed by atoms with Gasteiger partial charge in [0, 0.05) is 31.0 Å². The van der Waals surface area contributed by atoms with Crippen LogP contribution in [0.4, 0.5) is 10.3 Å². The summed E-state index contributed by atoms with van der Waals surface area (Å²) in [5, 5.41) is 3.19. The molecule has 1 aliphatic rings. The van der Waals surface area contributed by atoms with E-state index in [9.17, 15) is 9.18 Å². The second-order valence-electron chi connectivity index (χ2n) is 6.21. The first kappa shape index (κ1) is 17.0. The number of aromatic nitrogens is 2. The van der Waals surface area contributed by atoms with E-state index in [1.165, 1.54) is 12.1 Å². The molecule has 0 atom stereocenters. The minimum absolute atomic E-state index is 0.0633. The number of likely N-dealkylation sites (tertiary alicyclic amines) is 1. The fourth-order valence-electron chi connectivity index (χ4n) is 2.81. The number of hydrogen-bond donors (Lipinski definition) is 1. The van der Waals surface area contributed by atoms with Gasteiger partial charge >= 0.3 is 0 Å². The van der Waals surface area contributed by atoms with Crippen molar-refractivity contribution in [2.24, 2.45) is 0 Å². The van der Waals surface area contributed by atoms with Gasteiger partial charge in [-0.15, -0.1) is 0 Å². The standard InChI is InChI=1S/C20H17FN4O2/c21-15-5-7-17(8-6-15)27-18-4-1-3-14(11-18)19(26)25-12-16(13-25)24-20-22-9-2-10-23-20/h1-11,16H,12-13H2,(H,22,23,24). The van der Waals surface area contributed by atoms with Crippen LogP contribution in [0.3, 0.4) is 0 Å². The van der Waals surface area contributed by atoms with Crippen molar-refractivity contribution in [2.45, 2.75) is 6.04 Å². The lowest BCUT2D eigenvalue weighted by Gasteiger charge is -2.39. The minimum Gasteiger partial charge on any atom is -0.457 e. The fraction of sp³-hybridized carbons (Fsp3) is 0.150. The molecule has 136 valence electrons. The molecule has 0 aliphatic carbocycles. The largest absolute Gasteiger partial charge is 0.457 e. The molecule has 27 heavy (non-hydrogen) atoms. The smallest absolute Gasteiger partial charge is 0.254 e. The fourth-order valence-corrected chi connectivity index (χ4v) is 2.81. The Labute approximate surface area is 155 Å². The van der Waals surface area contributed by atoms with Gasteiger partial charge in [-0.2, -0.15) is 0 Å². The highest BCUT2D eigenvalue weighted by Crippen LogP contribution is 2.24. The van der Waals surface area contributed by atoms with Crippen LogP contribution in [0.2, 0.25) is 0 Å². The summed E-state index contributed by atoms with van der Waals surface area (Å²) < 4.78 is 18.7. The lowest BCUT2D eigenvalue weighted by atomic mass is 10.1. The van der Waals surface area contributed by atoms with Crippen LogP contribution in [0.15, 0.2) is 67.0 Å². The Hall–Kier alpha value is -3.48. The molecule has 0 spiro atoms. The summed E-state index contributed by atoms with van der Waals surface area (Å²) in [5.41, 5.74) is 0.545. The Kier molecular flexibility index (Phi) is 4.65. The van der Waals surface area contributed by atoms with Crippen LogP contribution in [0.5, 0.6) is 11.5 Å². The summed E-state index contributed by atoms with van der Waals surface area (Å²) in [6, 6.07) is 14.6. The third kappa shape index (κ3) is 4.03. The first-order chi connectivity index (χ1) is 13.2. The van der Waals surface area contributed by atoms with Crippen LogP contribution in [0.1, 0.15) is 10.4 Å². The Morgan fingerprint density at radius 2 is 1.78 bits per heavy atom. The molecule has 0 radical (unpaired) electrons. The van der Waals surface area contributed by atoms with Gasteiger partial charge in [0.2, 0.25) is 5.95 Å². The lowest BCUT2D eigenvalue weighted by Crippen LogP contribution is -2.57. The molecule has 0 saturated carbocycles. The summed E-state index contributed by atoms with van der Waals surface area (Å²) in [6.45, 7) is 1.17. The monoisotopic (exact) mass is 364 g/mol. The SMILES string of the molecule is O=C(c1cccc(Oc2ccc(F)cc2)c1)N1CC(Nc2ncccn2)C1. The highest BCUT2D eigenvalue weighted by molar-refractivity contribution is 5.95. The zero-order valence-electron chi connectivity index (χ0n) is 14.4. The number of amides is 1. The summed E-state index contributed by atoms with van der Waals surface area (Å²) >= 11 is 0. The van der Waals surface area contributed by atoms with E-state index in [0.717, 1.165) is 0 Å². The number of carbonyl (C=O) groups is 1.